The number of para-hydroxylation sites is 1. The molecule has 0 saturated carbocycles. The van der Waals surface area contributed by atoms with Crippen molar-refractivity contribution in [1.29, 1.82) is 0 Å². The molecule has 3 nitrogen and oxygen atoms in total. The Morgan fingerprint density at radius 1 is 1.24 bits per heavy atom. The highest BCUT2D eigenvalue weighted by Crippen LogP contribution is 2.19. The van der Waals surface area contributed by atoms with Crippen molar-refractivity contribution in [3.05, 3.63) is 29.8 Å². The van der Waals surface area contributed by atoms with Gasteiger partial charge in [-0.1, -0.05) is 28.1 Å². The molecule has 0 saturated heterocycles. The molecule has 0 aliphatic rings. The third-order valence-corrected chi connectivity index (χ3v) is 2.89. The summed E-state index contributed by atoms with van der Waals surface area (Å²) in [5, 5.41) is 1.02. The van der Waals surface area contributed by atoms with Crippen LogP contribution >= 0.6 is 15.9 Å². The molecule has 4 heteroatoms. The molecule has 0 fully saturated rings. The lowest BCUT2D eigenvalue weighted by Gasteiger charge is -2.09. The highest BCUT2D eigenvalue weighted by atomic mass is 79.9. The van der Waals surface area contributed by atoms with E-state index in [1.807, 2.05) is 6.07 Å². The minimum Gasteiger partial charge on any atom is -0.493 e. The molecule has 94 valence electrons. The number of hydrogen-bond acceptors (Lipinski definition) is 3. The predicted molar refractivity (Wildman–Crippen MR) is 70.9 cm³/mol. The van der Waals surface area contributed by atoms with Crippen molar-refractivity contribution >= 4 is 21.9 Å². The second-order valence-corrected chi connectivity index (χ2v) is 4.38. The van der Waals surface area contributed by atoms with Crippen molar-refractivity contribution in [2.75, 3.05) is 19.0 Å². The smallest absolute Gasteiger partial charge is 0.341 e. The number of methoxy groups -OCH3 is 1. The molecule has 0 aliphatic carbocycles. The van der Waals surface area contributed by atoms with E-state index >= 15 is 0 Å². The number of rotatable bonds is 7. The van der Waals surface area contributed by atoms with Gasteiger partial charge in [-0.15, -0.1) is 0 Å². The summed E-state index contributed by atoms with van der Waals surface area (Å²) >= 11 is 3.38. The van der Waals surface area contributed by atoms with Crippen LogP contribution in [0.25, 0.3) is 0 Å². The van der Waals surface area contributed by atoms with Crippen LogP contribution in [0, 0.1) is 0 Å². The van der Waals surface area contributed by atoms with Gasteiger partial charge in [-0.2, -0.15) is 0 Å². The lowest BCUT2D eigenvalue weighted by atomic mass is 10.2. The van der Waals surface area contributed by atoms with E-state index in [4.69, 9.17) is 9.47 Å². The molecule has 0 aromatic heterocycles. The third kappa shape index (κ3) is 4.77. The van der Waals surface area contributed by atoms with E-state index in [0.717, 1.165) is 24.6 Å². The fourth-order valence-corrected chi connectivity index (χ4v) is 1.82. The van der Waals surface area contributed by atoms with Crippen LogP contribution in [0.2, 0.25) is 0 Å². The first kappa shape index (κ1) is 14.0. The summed E-state index contributed by atoms with van der Waals surface area (Å²) in [5.41, 5.74) is 0.482. The Hall–Kier alpha value is -1.03. The van der Waals surface area contributed by atoms with Crippen molar-refractivity contribution in [3.8, 4) is 5.75 Å². The minimum absolute atomic E-state index is 0.360. The van der Waals surface area contributed by atoms with Crippen LogP contribution in [0.5, 0.6) is 5.75 Å². The summed E-state index contributed by atoms with van der Waals surface area (Å²) in [7, 11) is 1.37. The van der Waals surface area contributed by atoms with Gasteiger partial charge in [-0.05, 0) is 31.4 Å². The zero-order valence-corrected chi connectivity index (χ0v) is 11.5. The second-order valence-electron chi connectivity index (χ2n) is 3.59. The maximum atomic E-state index is 11.5. The molecule has 0 spiro atoms. The molecule has 0 unspecified atom stereocenters. The first-order chi connectivity index (χ1) is 8.29. The number of unbranched alkanes of at least 4 members (excludes halogenated alkanes) is 2. The Morgan fingerprint density at radius 3 is 2.71 bits per heavy atom. The van der Waals surface area contributed by atoms with Crippen molar-refractivity contribution in [1.82, 2.24) is 0 Å². The number of ether oxygens (including phenoxy) is 2. The molecule has 0 amide bonds. The van der Waals surface area contributed by atoms with Gasteiger partial charge < -0.3 is 9.47 Å². The van der Waals surface area contributed by atoms with Crippen LogP contribution in [0.4, 0.5) is 0 Å². The average molecular weight is 301 g/mol. The van der Waals surface area contributed by atoms with E-state index in [2.05, 4.69) is 15.9 Å². The molecule has 0 aliphatic heterocycles. The predicted octanol–water partition coefficient (Wildman–Crippen LogP) is 3.42. The topological polar surface area (TPSA) is 35.5 Å². The molecule has 0 bridgehead atoms. The summed E-state index contributed by atoms with van der Waals surface area (Å²) < 4.78 is 10.3. The fraction of sp³-hybridized carbons (Fsp3) is 0.462. The SMILES string of the molecule is COC(=O)c1ccccc1OCCCCCBr. The lowest BCUT2D eigenvalue weighted by molar-refractivity contribution is 0.0596. The summed E-state index contributed by atoms with van der Waals surface area (Å²) in [5.74, 6) is 0.235. The number of halogens is 1. The first-order valence-corrected chi connectivity index (χ1v) is 6.78. The number of carbonyl (C=O) groups excluding carboxylic acids is 1. The summed E-state index contributed by atoms with van der Waals surface area (Å²) in [4.78, 5) is 11.5. The van der Waals surface area contributed by atoms with E-state index in [9.17, 15) is 4.79 Å². The lowest BCUT2D eigenvalue weighted by Crippen LogP contribution is -2.06. The maximum Gasteiger partial charge on any atom is 0.341 e. The molecule has 1 rings (SSSR count). The van der Waals surface area contributed by atoms with Crippen LogP contribution in [0.1, 0.15) is 29.6 Å². The summed E-state index contributed by atoms with van der Waals surface area (Å²) in [6, 6.07) is 7.14. The van der Waals surface area contributed by atoms with E-state index in [1.54, 1.807) is 18.2 Å². The molecule has 1 aromatic carbocycles. The molecular formula is C13H17BrO3. The van der Waals surface area contributed by atoms with Crippen molar-refractivity contribution in [2.45, 2.75) is 19.3 Å². The van der Waals surface area contributed by atoms with Gasteiger partial charge in [0, 0.05) is 5.33 Å². The van der Waals surface area contributed by atoms with Crippen LogP contribution < -0.4 is 4.74 Å². The minimum atomic E-state index is -0.360. The second kappa shape index (κ2) is 8.12. The number of hydrogen-bond donors (Lipinski definition) is 0. The molecule has 17 heavy (non-hydrogen) atoms. The Balaban J connectivity index is 2.49. The van der Waals surface area contributed by atoms with Gasteiger partial charge in [0.2, 0.25) is 0 Å². The van der Waals surface area contributed by atoms with Gasteiger partial charge in [0.15, 0.2) is 0 Å². The zero-order valence-electron chi connectivity index (χ0n) is 9.95. The third-order valence-electron chi connectivity index (χ3n) is 2.33. The number of esters is 1. The van der Waals surface area contributed by atoms with Gasteiger partial charge in [-0.25, -0.2) is 4.79 Å². The molecule has 0 heterocycles. The van der Waals surface area contributed by atoms with E-state index < -0.39 is 0 Å². The van der Waals surface area contributed by atoms with E-state index in [1.165, 1.54) is 7.11 Å². The summed E-state index contributed by atoms with van der Waals surface area (Å²) in [6.45, 7) is 0.626. The van der Waals surface area contributed by atoms with Gasteiger partial charge in [-0.3, -0.25) is 0 Å². The molecule has 0 atom stereocenters. The van der Waals surface area contributed by atoms with E-state index in [-0.39, 0.29) is 5.97 Å². The van der Waals surface area contributed by atoms with Crippen molar-refractivity contribution in [2.24, 2.45) is 0 Å². The van der Waals surface area contributed by atoms with Crippen LogP contribution in [0.15, 0.2) is 24.3 Å². The highest BCUT2D eigenvalue weighted by Gasteiger charge is 2.11. The fourth-order valence-electron chi connectivity index (χ4n) is 1.43. The van der Waals surface area contributed by atoms with Gasteiger partial charge in [0.1, 0.15) is 11.3 Å². The number of carbonyl (C=O) groups is 1. The van der Waals surface area contributed by atoms with Gasteiger partial charge in [0.25, 0.3) is 0 Å². The van der Waals surface area contributed by atoms with Crippen molar-refractivity contribution < 1.29 is 14.3 Å². The Bertz CT molecular complexity index is 352. The largest absolute Gasteiger partial charge is 0.493 e. The average Bonchev–Trinajstić information content (AvgIpc) is 2.38. The van der Waals surface area contributed by atoms with Crippen LogP contribution in [-0.4, -0.2) is 25.0 Å². The maximum absolute atomic E-state index is 11.5. The normalized spacial score (nSPS) is 10.0. The Morgan fingerprint density at radius 2 is 2.00 bits per heavy atom. The van der Waals surface area contributed by atoms with Crippen LogP contribution in [-0.2, 0) is 4.74 Å². The standard InChI is InChI=1S/C13H17BrO3/c1-16-13(15)11-7-3-4-8-12(11)17-10-6-2-5-9-14/h3-4,7-8H,2,5-6,9-10H2,1H3. The van der Waals surface area contributed by atoms with Gasteiger partial charge in [0.05, 0.1) is 13.7 Å². The van der Waals surface area contributed by atoms with Gasteiger partial charge >= 0.3 is 5.97 Å². The quantitative estimate of drug-likeness (QED) is 0.440. The Labute approximate surface area is 110 Å². The monoisotopic (exact) mass is 300 g/mol. The molecule has 1 aromatic rings. The summed E-state index contributed by atoms with van der Waals surface area (Å²) in [6.07, 6.45) is 3.24. The molecule has 0 N–H and O–H groups in total. The van der Waals surface area contributed by atoms with E-state index in [0.29, 0.717) is 17.9 Å². The first-order valence-electron chi connectivity index (χ1n) is 5.65. The number of benzene rings is 1. The number of alkyl halides is 1. The molecule has 0 radical (unpaired) electrons. The zero-order chi connectivity index (χ0) is 12.5. The highest BCUT2D eigenvalue weighted by molar-refractivity contribution is 9.09. The van der Waals surface area contributed by atoms with Crippen molar-refractivity contribution in [3.63, 3.8) is 0 Å². The van der Waals surface area contributed by atoms with Crippen LogP contribution in [0.3, 0.4) is 0 Å². The Kier molecular flexibility index (Phi) is 6.70. The molecular weight excluding hydrogens is 284 g/mol.